The van der Waals surface area contributed by atoms with Gasteiger partial charge in [0, 0.05) is 23.4 Å². The minimum Gasteiger partial charge on any atom is -0.497 e. The minimum absolute atomic E-state index is 0.0378. The zero-order valence-corrected chi connectivity index (χ0v) is 14.6. The van der Waals surface area contributed by atoms with E-state index < -0.39 is 0 Å². The minimum atomic E-state index is -0.0378. The fraction of sp³-hybridized carbons (Fsp3) is 0.263. The van der Waals surface area contributed by atoms with Gasteiger partial charge in [-0.2, -0.15) is 4.98 Å². The van der Waals surface area contributed by atoms with Crippen LogP contribution >= 0.6 is 0 Å². The van der Waals surface area contributed by atoms with Crippen LogP contribution in [0.15, 0.2) is 47.0 Å². The van der Waals surface area contributed by atoms with E-state index in [1.165, 1.54) is 0 Å². The van der Waals surface area contributed by atoms with E-state index in [0.29, 0.717) is 17.3 Å². The van der Waals surface area contributed by atoms with E-state index in [4.69, 9.17) is 18.6 Å². The van der Waals surface area contributed by atoms with Crippen LogP contribution in [0.5, 0.6) is 17.7 Å². The predicted octanol–water partition coefficient (Wildman–Crippen LogP) is 4.21. The van der Waals surface area contributed by atoms with Crippen LogP contribution in [0.1, 0.15) is 13.8 Å². The molecule has 6 heteroatoms. The van der Waals surface area contributed by atoms with Crippen LogP contribution in [-0.2, 0) is 0 Å². The van der Waals surface area contributed by atoms with E-state index >= 15 is 0 Å². The molecule has 0 saturated carbocycles. The molecule has 3 aromatic rings. The Kier molecular flexibility index (Phi) is 4.88. The number of ether oxygens (including phenoxy) is 3. The highest BCUT2D eigenvalue weighted by Crippen LogP contribution is 2.36. The first kappa shape index (κ1) is 16.8. The lowest BCUT2D eigenvalue weighted by Crippen LogP contribution is -2.05. The fourth-order valence-corrected chi connectivity index (χ4v) is 2.33. The molecule has 0 aliphatic heterocycles. The molecule has 2 aromatic heterocycles. The lowest BCUT2D eigenvalue weighted by atomic mass is 10.1. The summed E-state index contributed by atoms with van der Waals surface area (Å²) >= 11 is 0. The summed E-state index contributed by atoms with van der Waals surface area (Å²) in [5, 5.41) is 0. The molecule has 0 atom stereocenters. The number of nitrogens with zero attached hydrogens (tertiary/aromatic N) is 2. The Hall–Kier alpha value is -3.02. The van der Waals surface area contributed by atoms with Crippen LogP contribution in [0.25, 0.3) is 22.6 Å². The number of hydrogen-bond donors (Lipinski definition) is 0. The van der Waals surface area contributed by atoms with Crippen LogP contribution in [0.3, 0.4) is 0 Å². The van der Waals surface area contributed by atoms with E-state index in [9.17, 15) is 0 Å². The maximum absolute atomic E-state index is 5.86. The Bertz CT molecular complexity index is 759. The smallest absolute Gasteiger partial charge is 0.394 e. The van der Waals surface area contributed by atoms with Crippen molar-refractivity contribution < 1.29 is 18.6 Å². The SMILES string of the molecule is COc1ccc(-c2oc(OC(C)C)nc2-c2ccc(OC)nc2)cc1. The first-order chi connectivity index (χ1) is 12.1. The number of methoxy groups -OCH3 is 2. The van der Waals surface area contributed by atoms with Crippen LogP contribution in [0.4, 0.5) is 0 Å². The van der Waals surface area contributed by atoms with E-state index in [1.54, 1.807) is 26.5 Å². The molecule has 3 rings (SSSR count). The van der Waals surface area contributed by atoms with Crippen molar-refractivity contribution in [3.63, 3.8) is 0 Å². The molecule has 25 heavy (non-hydrogen) atoms. The molecule has 1 aromatic carbocycles. The average Bonchev–Trinajstić information content (AvgIpc) is 3.05. The van der Waals surface area contributed by atoms with E-state index in [0.717, 1.165) is 16.9 Å². The number of benzene rings is 1. The Balaban J connectivity index is 2.05. The number of pyridine rings is 1. The summed E-state index contributed by atoms with van der Waals surface area (Å²) in [5.74, 6) is 1.93. The molecule has 0 N–H and O–H groups in total. The molecule has 0 amide bonds. The summed E-state index contributed by atoms with van der Waals surface area (Å²) in [4.78, 5) is 8.74. The molecule has 0 fully saturated rings. The first-order valence-electron chi connectivity index (χ1n) is 7.93. The van der Waals surface area contributed by atoms with Gasteiger partial charge in [-0.1, -0.05) is 0 Å². The van der Waals surface area contributed by atoms with Gasteiger partial charge in [0.2, 0.25) is 5.88 Å². The zero-order chi connectivity index (χ0) is 17.8. The van der Waals surface area contributed by atoms with Crippen molar-refractivity contribution in [2.75, 3.05) is 14.2 Å². The third-order valence-electron chi connectivity index (χ3n) is 3.52. The molecule has 0 radical (unpaired) electrons. The topological polar surface area (TPSA) is 66.6 Å². The molecule has 6 nitrogen and oxygen atoms in total. The van der Waals surface area contributed by atoms with Crippen molar-refractivity contribution in [1.82, 2.24) is 9.97 Å². The maximum atomic E-state index is 5.86. The number of oxazole rings is 1. The highest BCUT2D eigenvalue weighted by molar-refractivity contribution is 5.77. The molecule has 0 bridgehead atoms. The number of rotatable bonds is 6. The molecule has 0 aliphatic carbocycles. The zero-order valence-electron chi connectivity index (χ0n) is 14.6. The summed E-state index contributed by atoms with van der Waals surface area (Å²) in [7, 11) is 3.21. The third-order valence-corrected chi connectivity index (χ3v) is 3.52. The van der Waals surface area contributed by atoms with Crippen molar-refractivity contribution >= 4 is 0 Å². The molecule has 130 valence electrons. The monoisotopic (exact) mass is 340 g/mol. The summed E-state index contributed by atoms with van der Waals surface area (Å²) in [5.41, 5.74) is 2.35. The second-order valence-corrected chi connectivity index (χ2v) is 5.64. The second-order valence-electron chi connectivity index (χ2n) is 5.64. The molecule has 0 unspecified atom stereocenters. The van der Waals surface area contributed by atoms with Crippen molar-refractivity contribution in [2.24, 2.45) is 0 Å². The van der Waals surface area contributed by atoms with Crippen LogP contribution in [0, 0.1) is 0 Å². The Morgan fingerprint density at radius 2 is 1.64 bits per heavy atom. The van der Waals surface area contributed by atoms with Gasteiger partial charge in [-0.05, 0) is 44.2 Å². The van der Waals surface area contributed by atoms with Crippen molar-refractivity contribution in [2.45, 2.75) is 20.0 Å². The van der Waals surface area contributed by atoms with Crippen LogP contribution in [-0.4, -0.2) is 30.3 Å². The quantitative estimate of drug-likeness (QED) is 0.670. The first-order valence-corrected chi connectivity index (χ1v) is 7.93. The molecule has 0 spiro atoms. The highest BCUT2D eigenvalue weighted by atomic mass is 16.6. The van der Waals surface area contributed by atoms with Gasteiger partial charge in [0.05, 0.1) is 20.3 Å². The normalized spacial score (nSPS) is 10.8. The van der Waals surface area contributed by atoms with Crippen LogP contribution < -0.4 is 14.2 Å². The van der Waals surface area contributed by atoms with Crippen LogP contribution in [0.2, 0.25) is 0 Å². The fourth-order valence-electron chi connectivity index (χ4n) is 2.33. The lowest BCUT2D eigenvalue weighted by Gasteiger charge is -2.04. The van der Waals surface area contributed by atoms with Crippen molar-refractivity contribution in [3.05, 3.63) is 42.6 Å². The van der Waals surface area contributed by atoms with Gasteiger partial charge in [-0.25, -0.2) is 4.98 Å². The van der Waals surface area contributed by atoms with Crippen molar-refractivity contribution in [1.29, 1.82) is 0 Å². The third kappa shape index (κ3) is 3.74. The maximum Gasteiger partial charge on any atom is 0.394 e. The molecule has 0 aliphatic rings. The largest absolute Gasteiger partial charge is 0.497 e. The lowest BCUT2D eigenvalue weighted by molar-refractivity contribution is 0.177. The summed E-state index contributed by atoms with van der Waals surface area (Å²) < 4.78 is 21.8. The van der Waals surface area contributed by atoms with Gasteiger partial charge < -0.3 is 18.6 Å². The van der Waals surface area contributed by atoms with E-state index in [-0.39, 0.29) is 12.2 Å². The summed E-state index contributed by atoms with van der Waals surface area (Å²) in [6.07, 6.45) is 1.89. The predicted molar refractivity (Wildman–Crippen MR) is 94.0 cm³/mol. The van der Waals surface area contributed by atoms with E-state index in [1.807, 2.05) is 44.2 Å². The Labute approximate surface area is 146 Å². The Morgan fingerprint density at radius 3 is 2.20 bits per heavy atom. The van der Waals surface area contributed by atoms with Gasteiger partial charge in [0.1, 0.15) is 11.4 Å². The van der Waals surface area contributed by atoms with Gasteiger partial charge >= 0.3 is 6.08 Å². The molecular formula is C19H20N2O4. The standard InChI is InChI=1S/C19H20N2O4/c1-12(2)24-19-21-17(14-7-10-16(23-4)20-11-14)18(25-19)13-5-8-15(22-3)9-6-13/h5-12H,1-4H3. The molecule has 2 heterocycles. The van der Waals surface area contributed by atoms with Gasteiger partial charge in [0.15, 0.2) is 5.76 Å². The van der Waals surface area contributed by atoms with E-state index in [2.05, 4.69) is 9.97 Å². The second kappa shape index (κ2) is 7.25. The molecular weight excluding hydrogens is 320 g/mol. The molecule has 0 saturated heterocycles. The summed E-state index contributed by atoms with van der Waals surface area (Å²) in [6, 6.07) is 11.2. The Morgan fingerprint density at radius 1 is 0.920 bits per heavy atom. The van der Waals surface area contributed by atoms with Gasteiger partial charge in [0.25, 0.3) is 0 Å². The number of aromatic nitrogens is 2. The van der Waals surface area contributed by atoms with Crippen molar-refractivity contribution in [3.8, 4) is 40.3 Å². The van der Waals surface area contributed by atoms with Gasteiger partial charge in [-0.15, -0.1) is 0 Å². The van der Waals surface area contributed by atoms with Gasteiger partial charge in [-0.3, -0.25) is 0 Å². The average molecular weight is 340 g/mol. The highest BCUT2D eigenvalue weighted by Gasteiger charge is 2.19. The number of hydrogen-bond acceptors (Lipinski definition) is 6. The summed E-state index contributed by atoms with van der Waals surface area (Å²) in [6.45, 7) is 3.84.